The average molecular weight is 273 g/mol. The normalized spacial score (nSPS) is 14.0. The maximum Gasteiger partial charge on any atom is 0.123 e. The molecule has 0 fully saturated rings. The zero-order valence-electron chi connectivity index (χ0n) is 11.8. The van der Waals surface area contributed by atoms with Gasteiger partial charge in [-0.2, -0.15) is 0 Å². The van der Waals surface area contributed by atoms with Crippen molar-refractivity contribution in [3.63, 3.8) is 0 Å². The van der Waals surface area contributed by atoms with Gasteiger partial charge >= 0.3 is 0 Å². The molecule has 2 aromatic rings. The first kappa shape index (κ1) is 14.7. The van der Waals surface area contributed by atoms with Crippen molar-refractivity contribution in [3.05, 3.63) is 71.0 Å². The van der Waals surface area contributed by atoms with Crippen LogP contribution >= 0.6 is 0 Å². The van der Waals surface area contributed by atoms with E-state index in [0.717, 1.165) is 5.56 Å². The highest BCUT2D eigenvalue weighted by atomic mass is 19.1. The number of aryl methyl sites for hydroxylation is 1. The van der Waals surface area contributed by atoms with Crippen molar-refractivity contribution in [3.8, 4) is 0 Å². The molecule has 0 saturated heterocycles. The number of hydrogen-bond acceptors (Lipinski definition) is 2. The Morgan fingerprint density at radius 2 is 1.65 bits per heavy atom. The molecule has 20 heavy (non-hydrogen) atoms. The molecular weight excluding hydrogens is 253 g/mol. The number of nitrogens with one attached hydrogen (secondary N) is 1. The van der Waals surface area contributed by atoms with Gasteiger partial charge in [0.05, 0.1) is 6.10 Å². The fourth-order valence-corrected chi connectivity index (χ4v) is 2.05. The van der Waals surface area contributed by atoms with Gasteiger partial charge < -0.3 is 10.4 Å². The van der Waals surface area contributed by atoms with Crippen molar-refractivity contribution in [1.82, 2.24) is 5.32 Å². The maximum absolute atomic E-state index is 12.9. The van der Waals surface area contributed by atoms with Gasteiger partial charge in [0.25, 0.3) is 0 Å². The molecule has 0 aliphatic rings. The second-order valence-corrected chi connectivity index (χ2v) is 5.15. The molecular formula is C17H20FNO. The molecule has 2 rings (SSSR count). The first-order valence-corrected chi connectivity index (χ1v) is 6.79. The number of hydrogen-bond donors (Lipinski definition) is 2. The molecule has 0 aromatic heterocycles. The third kappa shape index (κ3) is 3.89. The molecule has 0 bridgehead atoms. The van der Waals surface area contributed by atoms with Gasteiger partial charge in [-0.3, -0.25) is 0 Å². The van der Waals surface area contributed by atoms with Crippen LogP contribution in [0.5, 0.6) is 0 Å². The predicted octanol–water partition coefficient (Wildman–Crippen LogP) is 3.35. The molecule has 3 heteroatoms. The Morgan fingerprint density at radius 1 is 1.05 bits per heavy atom. The summed E-state index contributed by atoms with van der Waals surface area (Å²) in [5.41, 5.74) is 3.12. The molecule has 0 radical (unpaired) electrons. The van der Waals surface area contributed by atoms with E-state index in [2.05, 4.69) is 36.5 Å². The summed E-state index contributed by atoms with van der Waals surface area (Å²) in [7, 11) is 0. The minimum Gasteiger partial charge on any atom is -0.387 e. The minimum atomic E-state index is -0.652. The summed E-state index contributed by atoms with van der Waals surface area (Å²) in [6.07, 6.45) is -0.652. The lowest BCUT2D eigenvalue weighted by Gasteiger charge is -2.20. The summed E-state index contributed by atoms with van der Waals surface area (Å²) in [4.78, 5) is 0. The zero-order chi connectivity index (χ0) is 14.5. The molecule has 0 amide bonds. The van der Waals surface area contributed by atoms with Crippen LogP contribution in [0.2, 0.25) is 0 Å². The molecule has 0 aliphatic carbocycles. The second kappa shape index (κ2) is 6.64. The molecule has 106 valence electrons. The van der Waals surface area contributed by atoms with Crippen molar-refractivity contribution in [1.29, 1.82) is 0 Å². The molecule has 2 unspecified atom stereocenters. The lowest BCUT2D eigenvalue weighted by Crippen LogP contribution is -2.31. The van der Waals surface area contributed by atoms with Crippen molar-refractivity contribution in [2.24, 2.45) is 0 Å². The van der Waals surface area contributed by atoms with Crippen molar-refractivity contribution in [2.45, 2.75) is 32.5 Å². The van der Waals surface area contributed by atoms with E-state index in [1.165, 1.54) is 23.3 Å². The van der Waals surface area contributed by atoms with Crippen molar-refractivity contribution < 1.29 is 9.50 Å². The van der Waals surface area contributed by atoms with Crippen LogP contribution < -0.4 is 5.32 Å². The smallest absolute Gasteiger partial charge is 0.123 e. The van der Waals surface area contributed by atoms with Crippen LogP contribution in [0.3, 0.4) is 0 Å². The van der Waals surface area contributed by atoms with Gasteiger partial charge in [-0.1, -0.05) is 42.0 Å². The Morgan fingerprint density at radius 3 is 2.25 bits per heavy atom. The van der Waals surface area contributed by atoms with E-state index in [4.69, 9.17) is 0 Å². The van der Waals surface area contributed by atoms with Crippen LogP contribution in [0.15, 0.2) is 48.5 Å². The summed E-state index contributed by atoms with van der Waals surface area (Å²) in [5.74, 6) is -0.291. The van der Waals surface area contributed by atoms with Gasteiger partial charge in [-0.25, -0.2) is 4.39 Å². The van der Waals surface area contributed by atoms with E-state index in [-0.39, 0.29) is 11.9 Å². The molecule has 0 saturated carbocycles. The van der Waals surface area contributed by atoms with E-state index in [1.807, 2.05) is 6.92 Å². The largest absolute Gasteiger partial charge is 0.387 e. The number of benzene rings is 2. The molecule has 2 nitrogen and oxygen atoms in total. The highest BCUT2D eigenvalue weighted by Crippen LogP contribution is 2.17. The van der Waals surface area contributed by atoms with Crippen molar-refractivity contribution in [2.75, 3.05) is 0 Å². The van der Waals surface area contributed by atoms with Gasteiger partial charge in [-0.05, 0) is 37.1 Å². The highest BCUT2D eigenvalue weighted by Gasteiger charge is 2.15. The van der Waals surface area contributed by atoms with Crippen LogP contribution in [0.1, 0.15) is 29.7 Å². The molecule has 2 N–H and O–H groups in total. The fraction of sp³-hybridized carbons (Fsp3) is 0.294. The Labute approximate surface area is 119 Å². The predicted molar refractivity (Wildman–Crippen MR) is 78.8 cm³/mol. The van der Waals surface area contributed by atoms with Gasteiger partial charge in [0.2, 0.25) is 0 Å². The third-order valence-electron chi connectivity index (χ3n) is 3.43. The highest BCUT2D eigenvalue weighted by molar-refractivity contribution is 5.22. The first-order chi connectivity index (χ1) is 9.56. The lowest BCUT2D eigenvalue weighted by molar-refractivity contribution is 0.135. The minimum absolute atomic E-state index is 0.109. The van der Waals surface area contributed by atoms with Gasteiger partial charge in [0.15, 0.2) is 0 Å². The standard InChI is InChI=1S/C17H20FNO/c1-12-3-5-14(6-4-12)11-19-13(2)17(20)15-7-9-16(18)10-8-15/h3-10,13,17,19-20H,11H2,1-2H3. The second-order valence-electron chi connectivity index (χ2n) is 5.15. The number of aliphatic hydroxyl groups is 1. The Kier molecular flexibility index (Phi) is 4.88. The summed E-state index contributed by atoms with van der Waals surface area (Å²) in [6.45, 7) is 4.67. The SMILES string of the molecule is Cc1ccc(CNC(C)C(O)c2ccc(F)cc2)cc1. The Hall–Kier alpha value is -1.71. The van der Waals surface area contributed by atoms with E-state index in [9.17, 15) is 9.50 Å². The topological polar surface area (TPSA) is 32.3 Å². The number of halogens is 1. The summed E-state index contributed by atoms with van der Waals surface area (Å²) in [6, 6.07) is 14.1. The van der Waals surface area contributed by atoms with E-state index >= 15 is 0 Å². The quantitative estimate of drug-likeness (QED) is 0.875. The van der Waals surface area contributed by atoms with Gasteiger partial charge in [-0.15, -0.1) is 0 Å². The van der Waals surface area contributed by atoms with E-state index in [0.29, 0.717) is 6.54 Å². The molecule has 0 spiro atoms. The molecule has 2 atom stereocenters. The van der Waals surface area contributed by atoms with Crippen LogP contribution in [-0.2, 0) is 6.54 Å². The first-order valence-electron chi connectivity index (χ1n) is 6.79. The van der Waals surface area contributed by atoms with Crippen LogP contribution in [0.4, 0.5) is 4.39 Å². The van der Waals surface area contributed by atoms with Crippen LogP contribution in [-0.4, -0.2) is 11.1 Å². The van der Waals surface area contributed by atoms with Crippen LogP contribution in [0, 0.1) is 12.7 Å². The molecule has 2 aromatic carbocycles. The van der Waals surface area contributed by atoms with Crippen LogP contribution in [0.25, 0.3) is 0 Å². The third-order valence-corrected chi connectivity index (χ3v) is 3.43. The zero-order valence-corrected chi connectivity index (χ0v) is 11.8. The number of aliphatic hydroxyl groups excluding tert-OH is 1. The Bertz CT molecular complexity index is 536. The van der Waals surface area contributed by atoms with Gasteiger partial charge in [0, 0.05) is 12.6 Å². The molecule has 0 aliphatic heterocycles. The average Bonchev–Trinajstić information content (AvgIpc) is 2.46. The molecule has 0 heterocycles. The summed E-state index contributed by atoms with van der Waals surface area (Å²) < 4.78 is 12.9. The van der Waals surface area contributed by atoms with E-state index < -0.39 is 6.10 Å². The fourth-order valence-electron chi connectivity index (χ4n) is 2.05. The number of rotatable bonds is 5. The van der Waals surface area contributed by atoms with E-state index in [1.54, 1.807) is 12.1 Å². The van der Waals surface area contributed by atoms with Gasteiger partial charge in [0.1, 0.15) is 5.82 Å². The summed E-state index contributed by atoms with van der Waals surface area (Å²) >= 11 is 0. The maximum atomic E-state index is 12.9. The Balaban J connectivity index is 1.92. The van der Waals surface area contributed by atoms with Crippen molar-refractivity contribution >= 4 is 0 Å². The summed E-state index contributed by atoms with van der Waals surface area (Å²) in [5, 5.41) is 13.5. The monoisotopic (exact) mass is 273 g/mol. The lowest BCUT2D eigenvalue weighted by atomic mass is 10.0.